The summed E-state index contributed by atoms with van der Waals surface area (Å²) >= 11 is 0. The number of esters is 3. The Labute approximate surface area is 460 Å². The monoisotopic (exact) mass is 1040 g/mol. The van der Waals surface area contributed by atoms with Crippen LogP contribution >= 0.6 is 0 Å². The van der Waals surface area contributed by atoms with Crippen LogP contribution in [0.1, 0.15) is 348 Å². The highest BCUT2D eigenvalue weighted by Crippen LogP contribution is 2.18. The van der Waals surface area contributed by atoms with Crippen LogP contribution in [0.3, 0.4) is 0 Å². The third-order valence-corrected chi connectivity index (χ3v) is 14.6. The van der Waals surface area contributed by atoms with Crippen LogP contribution in [-0.4, -0.2) is 37.2 Å². The maximum absolute atomic E-state index is 12.9. The normalized spacial score (nSPS) is 12.3. The molecule has 0 amide bonds. The van der Waals surface area contributed by atoms with Gasteiger partial charge in [-0.25, -0.2) is 0 Å². The average Bonchev–Trinajstić information content (AvgIpc) is 3.40. The van der Waals surface area contributed by atoms with Crippen molar-refractivity contribution in [2.24, 2.45) is 0 Å². The molecule has 0 saturated carbocycles. The molecular formula is C68H124O6. The van der Waals surface area contributed by atoms with E-state index in [0.717, 1.165) is 96.3 Å². The van der Waals surface area contributed by atoms with E-state index < -0.39 is 6.10 Å². The first-order valence-corrected chi connectivity index (χ1v) is 32.6. The molecule has 6 nitrogen and oxygen atoms in total. The van der Waals surface area contributed by atoms with Crippen molar-refractivity contribution in [3.05, 3.63) is 48.6 Å². The van der Waals surface area contributed by atoms with Crippen LogP contribution in [0, 0.1) is 0 Å². The maximum atomic E-state index is 12.9. The van der Waals surface area contributed by atoms with Gasteiger partial charge in [0, 0.05) is 19.3 Å². The van der Waals surface area contributed by atoms with E-state index >= 15 is 0 Å². The zero-order valence-electron chi connectivity index (χ0n) is 49.6. The minimum Gasteiger partial charge on any atom is -0.462 e. The van der Waals surface area contributed by atoms with E-state index in [9.17, 15) is 14.4 Å². The number of hydrogen-bond acceptors (Lipinski definition) is 6. The molecule has 0 bridgehead atoms. The van der Waals surface area contributed by atoms with Crippen LogP contribution in [0.25, 0.3) is 0 Å². The predicted octanol–water partition coefficient (Wildman–Crippen LogP) is 22.2. The molecule has 0 fully saturated rings. The average molecular weight is 1040 g/mol. The Kier molecular flexibility index (Phi) is 60.7. The quantitative estimate of drug-likeness (QED) is 0.0261. The molecule has 0 heterocycles. The number of carbonyl (C=O) groups excluding carboxylic acids is 3. The van der Waals surface area contributed by atoms with E-state index in [1.54, 1.807) is 0 Å². The number of carbonyl (C=O) groups is 3. The summed E-state index contributed by atoms with van der Waals surface area (Å²) in [5.74, 6) is -0.866. The predicted molar refractivity (Wildman–Crippen MR) is 321 cm³/mol. The Hall–Kier alpha value is -2.63. The van der Waals surface area contributed by atoms with Crippen LogP contribution in [0.4, 0.5) is 0 Å². The van der Waals surface area contributed by atoms with E-state index in [0.29, 0.717) is 19.3 Å². The van der Waals surface area contributed by atoms with Crippen molar-refractivity contribution in [1.82, 2.24) is 0 Å². The summed E-state index contributed by atoms with van der Waals surface area (Å²) in [7, 11) is 0. The molecule has 1 unspecified atom stereocenters. The molecule has 0 saturated heterocycles. The zero-order valence-corrected chi connectivity index (χ0v) is 49.6. The topological polar surface area (TPSA) is 78.9 Å². The molecule has 0 rings (SSSR count). The molecule has 6 heteroatoms. The van der Waals surface area contributed by atoms with Gasteiger partial charge in [0.05, 0.1) is 0 Å². The van der Waals surface area contributed by atoms with E-state index in [1.165, 1.54) is 212 Å². The van der Waals surface area contributed by atoms with Crippen molar-refractivity contribution < 1.29 is 28.6 Å². The van der Waals surface area contributed by atoms with Gasteiger partial charge in [0.15, 0.2) is 6.10 Å². The van der Waals surface area contributed by atoms with Crippen LogP contribution in [0.15, 0.2) is 48.6 Å². The van der Waals surface area contributed by atoms with Gasteiger partial charge in [-0.1, -0.05) is 320 Å². The molecule has 74 heavy (non-hydrogen) atoms. The molecule has 0 N–H and O–H groups in total. The van der Waals surface area contributed by atoms with E-state index in [2.05, 4.69) is 69.4 Å². The number of allylic oxidation sites excluding steroid dienone is 8. The van der Waals surface area contributed by atoms with Crippen LogP contribution < -0.4 is 0 Å². The highest BCUT2D eigenvalue weighted by atomic mass is 16.6. The van der Waals surface area contributed by atoms with Crippen molar-refractivity contribution in [2.45, 2.75) is 354 Å². The SMILES string of the molecule is CC/C=C\C/C=C\C/C=C\C/C=C\CCCCCCCCC(=O)OC(COC(=O)CCCCCCCCCCCCCC)COC(=O)CCCCCCCCCCCCCCCCCCCCCCCCCCC. The van der Waals surface area contributed by atoms with E-state index in [1.807, 2.05) is 0 Å². The van der Waals surface area contributed by atoms with Crippen LogP contribution in [0.2, 0.25) is 0 Å². The first-order chi connectivity index (χ1) is 36.5. The van der Waals surface area contributed by atoms with Gasteiger partial charge in [0.2, 0.25) is 0 Å². The lowest BCUT2D eigenvalue weighted by atomic mass is 10.0. The lowest BCUT2D eigenvalue weighted by molar-refractivity contribution is -0.167. The summed E-state index contributed by atoms with van der Waals surface area (Å²) < 4.78 is 16.9. The Morgan fingerprint density at radius 3 is 0.824 bits per heavy atom. The molecular weight excluding hydrogens is 913 g/mol. The summed E-state index contributed by atoms with van der Waals surface area (Å²) in [5, 5.41) is 0. The largest absolute Gasteiger partial charge is 0.462 e. The van der Waals surface area contributed by atoms with Crippen molar-refractivity contribution >= 4 is 17.9 Å². The fraction of sp³-hybridized carbons (Fsp3) is 0.838. The molecule has 0 aromatic carbocycles. The third-order valence-electron chi connectivity index (χ3n) is 14.6. The smallest absolute Gasteiger partial charge is 0.306 e. The third kappa shape index (κ3) is 60.2. The van der Waals surface area contributed by atoms with Gasteiger partial charge in [0.25, 0.3) is 0 Å². The molecule has 0 aromatic heterocycles. The van der Waals surface area contributed by atoms with Gasteiger partial charge in [-0.2, -0.15) is 0 Å². The standard InChI is InChI=1S/C68H124O6/c1-4-7-10-13-16-19-22-25-27-29-31-32-33-34-35-36-38-39-41-43-46-49-52-55-58-61-67(70)73-64-65(63-72-66(69)60-57-54-51-48-45-24-21-18-15-12-9-6-3)74-68(71)62-59-56-53-50-47-44-42-40-37-30-28-26-23-20-17-14-11-8-5-2/h8,11,17,20,26,28,37,40,65H,4-7,9-10,12-16,18-19,21-25,27,29-36,38-39,41-64H2,1-3H3/b11-8-,20-17-,28-26-,40-37-. The van der Waals surface area contributed by atoms with Gasteiger partial charge in [-0.3, -0.25) is 14.4 Å². The van der Waals surface area contributed by atoms with E-state index in [-0.39, 0.29) is 31.1 Å². The lowest BCUT2D eigenvalue weighted by Gasteiger charge is -2.18. The number of ether oxygens (including phenoxy) is 3. The minimum atomic E-state index is -0.778. The fourth-order valence-electron chi connectivity index (χ4n) is 9.73. The number of rotatable bonds is 60. The first kappa shape index (κ1) is 71.4. The summed E-state index contributed by atoms with van der Waals surface area (Å²) in [5.41, 5.74) is 0. The molecule has 432 valence electrons. The second-order valence-corrected chi connectivity index (χ2v) is 22.0. The molecule has 0 spiro atoms. The lowest BCUT2D eigenvalue weighted by Crippen LogP contribution is -2.30. The van der Waals surface area contributed by atoms with E-state index in [4.69, 9.17) is 14.2 Å². The molecule has 0 aliphatic rings. The molecule has 1 atom stereocenters. The zero-order chi connectivity index (χ0) is 53.6. The summed E-state index contributed by atoms with van der Waals surface area (Å²) in [6, 6.07) is 0. The summed E-state index contributed by atoms with van der Waals surface area (Å²) in [4.78, 5) is 38.3. The van der Waals surface area contributed by atoms with Gasteiger partial charge >= 0.3 is 17.9 Å². The fourth-order valence-corrected chi connectivity index (χ4v) is 9.73. The molecule has 0 aromatic rings. The van der Waals surface area contributed by atoms with Gasteiger partial charge < -0.3 is 14.2 Å². The number of unbranched alkanes of at least 4 members (excludes halogenated alkanes) is 41. The Balaban J connectivity index is 4.24. The second-order valence-electron chi connectivity index (χ2n) is 22.0. The number of hydrogen-bond donors (Lipinski definition) is 0. The molecule has 0 aliphatic carbocycles. The Bertz CT molecular complexity index is 1280. The maximum Gasteiger partial charge on any atom is 0.306 e. The second kappa shape index (κ2) is 62.9. The molecule has 0 aliphatic heterocycles. The Morgan fingerprint density at radius 1 is 0.284 bits per heavy atom. The van der Waals surface area contributed by atoms with Gasteiger partial charge in [0.1, 0.15) is 13.2 Å². The Morgan fingerprint density at radius 2 is 0.527 bits per heavy atom. The highest BCUT2D eigenvalue weighted by molar-refractivity contribution is 5.71. The summed E-state index contributed by atoms with van der Waals surface area (Å²) in [6.45, 7) is 6.57. The first-order valence-electron chi connectivity index (χ1n) is 32.6. The minimum absolute atomic E-state index is 0.0742. The van der Waals surface area contributed by atoms with Crippen molar-refractivity contribution in [3.63, 3.8) is 0 Å². The highest BCUT2D eigenvalue weighted by Gasteiger charge is 2.19. The molecule has 0 radical (unpaired) electrons. The van der Waals surface area contributed by atoms with Crippen molar-refractivity contribution in [1.29, 1.82) is 0 Å². The summed E-state index contributed by atoms with van der Waals surface area (Å²) in [6.07, 6.45) is 78.4. The van der Waals surface area contributed by atoms with Crippen LogP contribution in [0.5, 0.6) is 0 Å². The van der Waals surface area contributed by atoms with Gasteiger partial charge in [-0.15, -0.1) is 0 Å². The van der Waals surface area contributed by atoms with Crippen LogP contribution in [-0.2, 0) is 28.6 Å². The van der Waals surface area contributed by atoms with Gasteiger partial charge in [-0.05, 0) is 57.8 Å². The van der Waals surface area contributed by atoms with Crippen molar-refractivity contribution in [3.8, 4) is 0 Å². The van der Waals surface area contributed by atoms with Crippen molar-refractivity contribution in [2.75, 3.05) is 13.2 Å².